The van der Waals surface area contributed by atoms with Crippen molar-refractivity contribution in [1.82, 2.24) is 0 Å². The van der Waals surface area contributed by atoms with Crippen LogP contribution in [0.5, 0.6) is 17.2 Å². The van der Waals surface area contributed by atoms with Gasteiger partial charge in [0.15, 0.2) is 11.5 Å². The maximum absolute atomic E-state index is 12.0. The Labute approximate surface area is 124 Å². The molecule has 6 heteroatoms. The fourth-order valence-corrected chi connectivity index (χ4v) is 2.24. The van der Waals surface area contributed by atoms with Crippen LogP contribution in [0.15, 0.2) is 36.4 Å². The van der Waals surface area contributed by atoms with Crippen LogP contribution in [-0.2, 0) is 0 Å². The molecule has 20 heavy (non-hydrogen) atoms. The maximum atomic E-state index is 12.0. The van der Waals surface area contributed by atoms with Gasteiger partial charge < -0.3 is 14.2 Å². The third-order valence-electron chi connectivity index (χ3n) is 2.71. The number of hydrogen-bond donors (Lipinski definition) is 0. The summed E-state index contributed by atoms with van der Waals surface area (Å²) in [5, 5.41) is 0.692. The van der Waals surface area contributed by atoms with Crippen LogP contribution >= 0.6 is 23.2 Å². The van der Waals surface area contributed by atoms with E-state index >= 15 is 0 Å². The maximum Gasteiger partial charge on any atom is 0.345 e. The molecule has 4 nitrogen and oxygen atoms in total. The minimum Gasteiger partial charge on any atom is -0.454 e. The molecule has 0 radical (unpaired) electrons. The molecule has 0 saturated carbocycles. The summed E-state index contributed by atoms with van der Waals surface area (Å²) >= 11 is 11.7. The van der Waals surface area contributed by atoms with E-state index in [1.807, 2.05) is 0 Å². The van der Waals surface area contributed by atoms with E-state index < -0.39 is 5.97 Å². The first-order valence-electron chi connectivity index (χ1n) is 5.70. The van der Waals surface area contributed by atoms with E-state index in [0.29, 0.717) is 22.3 Å². The molecule has 102 valence electrons. The van der Waals surface area contributed by atoms with E-state index in [2.05, 4.69) is 0 Å². The molecule has 0 N–H and O–H groups in total. The van der Waals surface area contributed by atoms with E-state index in [1.54, 1.807) is 24.3 Å². The van der Waals surface area contributed by atoms with Gasteiger partial charge in [0, 0.05) is 11.1 Å². The normalized spacial score (nSPS) is 12.3. The SMILES string of the molecule is O=C(Oc1ccc2c(c1)OCO2)c1ccc(Cl)cc1Cl. The summed E-state index contributed by atoms with van der Waals surface area (Å²) in [4.78, 5) is 12.0. The average Bonchev–Trinajstić information content (AvgIpc) is 2.85. The number of rotatable bonds is 2. The van der Waals surface area contributed by atoms with Crippen molar-refractivity contribution in [1.29, 1.82) is 0 Å². The van der Waals surface area contributed by atoms with E-state index in [0.717, 1.165) is 0 Å². The zero-order valence-electron chi connectivity index (χ0n) is 10.1. The molecule has 1 heterocycles. The Hall–Kier alpha value is -1.91. The highest BCUT2D eigenvalue weighted by Gasteiger charge is 2.17. The van der Waals surface area contributed by atoms with Gasteiger partial charge in [-0.15, -0.1) is 0 Å². The van der Waals surface area contributed by atoms with E-state index in [9.17, 15) is 4.79 Å². The molecule has 0 spiro atoms. The molecule has 0 atom stereocenters. The van der Waals surface area contributed by atoms with Crippen LogP contribution in [0.4, 0.5) is 0 Å². The second-order valence-electron chi connectivity index (χ2n) is 4.03. The lowest BCUT2D eigenvalue weighted by Gasteiger charge is -2.06. The number of ether oxygens (including phenoxy) is 3. The van der Waals surface area contributed by atoms with Gasteiger partial charge in [-0.25, -0.2) is 4.79 Å². The number of esters is 1. The first-order valence-corrected chi connectivity index (χ1v) is 6.46. The third kappa shape index (κ3) is 2.53. The highest BCUT2D eigenvalue weighted by molar-refractivity contribution is 6.36. The van der Waals surface area contributed by atoms with Crippen LogP contribution in [0, 0.1) is 0 Å². The van der Waals surface area contributed by atoms with Crippen molar-refractivity contribution in [2.24, 2.45) is 0 Å². The predicted octanol–water partition coefficient (Wildman–Crippen LogP) is 3.94. The smallest absolute Gasteiger partial charge is 0.345 e. The van der Waals surface area contributed by atoms with Crippen molar-refractivity contribution in [2.75, 3.05) is 6.79 Å². The van der Waals surface area contributed by atoms with Crippen molar-refractivity contribution in [2.45, 2.75) is 0 Å². The van der Waals surface area contributed by atoms with Gasteiger partial charge in [-0.2, -0.15) is 0 Å². The van der Waals surface area contributed by atoms with Gasteiger partial charge in [-0.1, -0.05) is 23.2 Å². The van der Waals surface area contributed by atoms with Gasteiger partial charge in [0.1, 0.15) is 5.75 Å². The molecule has 0 saturated heterocycles. The predicted molar refractivity (Wildman–Crippen MR) is 74.0 cm³/mol. The Morgan fingerprint density at radius 2 is 1.85 bits per heavy atom. The summed E-state index contributed by atoms with van der Waals surface area (Å²) in [5.74, 6) is 0.947. The number of halogens is 2. The zero-order valence-corrected chi connectivity index (χ0v) is 11.6. The number of hydrogen-bond acceptors (Lipinski definition) is 4. The van der Waals surface area contributed by atoms with Gasteiger partial charge in [-0.3, -0.25) is 0 Å². The molecule has 0 bridgehead atoms. The van der Waals surface area contributed by atoms with Crippen LogP contribution in [0.3, 0.4) is 0 Å². The minimum atomic E-state index is -0.564. The van der Waals surface area contributed by atoms with E-state index in [-0.39, 0.29) is 17.4 Å². The van der Waals surface area contributed by atoms with Gasteiger partial charge >= 0.3 is 5.97 Å². The Balaban J connectivity index is 1.82. The Morgan fingerprint density at radius 1 is 1.05 bits per heavy atom. The van der Waals surface area contributed by atoms with Gasteiger partial charge in [0.25, 0.3) is 0 Å². The summed E-state index contributed by atoms with van der Waals surface area (Å²) in [6, 6.07) is 9.46. The molecule has 1 aliphatic heterocycles. The lowest BCUT2D eigenvalue weighted by atomic mass is 10.2. The first-order chi connectivity index (χ1) is 9.63. The second kappa shape index (κ2) is 5.23. The first kappa shape index (κ1) is 13.1. The molecule has 1 aliphatic rings. The number of benzene rings is 2. The molecule has 0 aromatic heterocycles. The lowest BCUT2D eigenvalue weighted by molar-refractivity contribution is 0.0735. The fraction of sp³-hybridized carbons (Fsp3) is 0.0714. The average molecular weight is 311 g/mol. The van der Waals surface area contributed by atoms with Gasteiger partial charge in [0.05, 0.1) is 10.6 Å². The molecule has 3 rings (SSSR count). The molecule has 0 fully saturated rings. The lowest BCUT2D eigenvalue weighted by Crippen LogP contribution is -2.09. The van der Waals surface area contributed by atoms with Crippen LogP contribution in [-0.4, -0.2) is 12.8 Å². The Bertz CT molecular complexity index is 685. The van der Waals surface area contributed by atoms with Crippen molar-refractivity contribution in [3.8, 4) is 17.2 Å². The molecule has 0 aliphatic carbocycles. The summed E-state index contributed by atoms with van der Waals surface area (Å²) in [6.45, 7) is 0.162. The Morgan fingerprint density at radius 3 is 2.65 bits per heavy atom. The summed E-state index contributed by atoms with van der Waals surface area (Å²) in [6.07, 6.45) is 0. The molecule has 2 aromatic carbocycles. The summed E-state index contributed by atoms with van der Waals surface area (Å²) in [7, 11) is 0. The second-order valence-corrected chi connectivity index (χ2v) is 4.87. The van der Waals surface area contributed by atoms with Crippen LogP contribution in [0.2, 0.25) is 10.0 Å². The van der Waals surface area contributed by atoms with Crippen molar-refractivity contribution in [3.05, 3.63) is 52.0 Å². The highest BCUT2D eigenvalue weighted by atomic mass is 35.5. The standard InChI is InChI=1S/C14H8Cl2O4/c15-8-1-3-10(11(16)5-8)14(17)20-9-2-4-12-13(6-9)19-7-18-12/h1-6H,7H2. The Kier molecular flexibility index (Phi) is 3.42. The van der Waals surface area contributed by atoms with Crippen LogP contribution < -0.4 is 14.2 Å². The minimum absolute atomic E-state index is 0.162. The van der Waals surface area contributed by atoms with Crippen molar-refractivity contribution >= 4 is 29.2 Å². The number of carbonyl (C=O) groups excluding carboxylic acids is 1. The van der Waals surface area contributed by atoms with Gasteiger partial charge in [-0.05, 0) is 30.3 Å². The largest absolute Gasteiger partial charge is 0.454 e. The quantitative estimate of drug-likeness (QED) is 0.622. The number of carbonyl (C=O) groups is 1. The van der Waals surface area contributed by atoms with Crippen LogP contribution in [0.25, 0.3) is 0 Å². The molecule has 0 amide bonds. The molecular weight excluding hydrogens is 303 g/mol. The molecule has 0 unspecified atom stereocenters. The highest BCUT2D eigenvalue weighted by Crippen LogP contribution is 2.35. The number of fused-ring (bicyclic) bond motifs is 1. The van der Waals surface area contributed by atoms with Crippen molar-refractivity contribution in [3.63, 3.8) is 0 Å². The van der Waals surface area contributed by atoms with Crippen LogP contribution in [0.1, 0.15) is 10.4 Å². The molecule has 2 aromatic rings. The summed E-state index contributed by atoms with van der Waals surface area (Å²) < 4.78 is 15.6. The van der Waals surface area contributed by atoms with E-state index in [4.69, 9.17) is 37.4 Å². The zero-order chi connectivity index (χ0) is 14.1. The third-order valence-corrected chi connectivity index (χ3v) is 3.25. The monoisotopic (exact) mass is 310 g/mol. The molecular formula is C14H8Cl2O4. The fourth-order valence-electron chi connectivity index (χ4n) is 1.76. The summed E-state index contributed by atoms with van der Waals surface area (Å²) in [5.41, 5.74) is 0.244. The topological polar surface area (TPSA) is 44.8 Å². The van der Waals surface area contributed by atoms with Crippen molar-refractivity contribution < 1.29 is 19.0 Å². The van der Waals surface area contributed by atoms with E-state index in [1.165, 1.54) is 12.1 Å². The van der Waals surface area contributed by atoms with Gasteiger partial charge in [0.2, 0.25) is 6.79 Å².